The molecule has 0 saturated carbocycles. The minimum absolute atomic E-state index is 0.0749. The highest BCUT2D eigenvalue weighted by Crippen LogP contribution is 2.23. The maximum Gasteiger partial charge on any atom is 0.319 e. The Labute approximate surface area is 185 Å². The lowest BCUT2D eigenvalue weighted by Gasteiger charge is -2.36. The molecule has 3 atom stereocenters. The van der Waals surface area contributed by atoms with Crippen LogP contribution in [0.4, 0.5) is 19.3 Å². The Morgan fingerprint density at radius 1 is 1.03 bits per heavy atom. The van der Waals surface area contributed by atoms with Gasteiger partial charge in [-0.25, -0.2) is 26.7 Å². The molecule has 0 spiro atoms. The predicted molar refractivity (Wildman–Crippen MR) is 114 cm³/mol. The zero-order valence-corrected chi connectivity index (χ0v) is 17.9. The van der Waals surface area contributed by atoms with Crippen LogP contribution in [0.1, 0.15) is 19.3 Å². The SMILES string of the molecule is O=C(NCC[C@@H]1CC[C@H](NS(=O)(=O)c2ccc(F)cc2)[C@H](CO)O1)Nc1ccc(F)cc1. The number of ether oxygens (including phenoxy) is 1. The second kappa shape index (κ2) is 10.8. The van der Waals surface area contributed by atoms with Crippen LogP contribution in [0.5, 0.6) is 0 Å². The molecule has 11 heteroatoms. The number of anilines is 1. The quantitative estimate of drug-likeness (QED) is 0.474. The molecular weight excluding hydrogens is 444 g/mol. The van der Waals surface area contributed by atoms with E-state index in [9.17, 15) is 27.1 Å². The number of amides is 2. The van der Waals surface area contributed by atoms with Crippen molar-refractivity contribution in [3.63, 3.8) is 0 Å². The number of sulfonamides is 1. The van der Waals surface area contributed by atoms with Crippen molar-refractivity contribution < 1.29 is 31.8 Å². The smallest absolute Gasteiger partial charge is 0.319 e. The van der Waals surface area contributed by atoms with Crippen molar-refractivity contribution in [3.05, 3.63) is 60.2 Å². The van der Waals surface area contributed by atoms with E-state index < -0.39 is 39.8 Å². The van der Waals surface area contributed by atoms with Crippen LogP contribution < -0.4 is 15.4 Å². The average molecular weight is 470 g/mol. The fourth-order valence-corrected chi connectivity index (χ4v) is 4.71. The van der Waals surface area contributed by atoms with E-state index in [4.69, 9.17) is 4.74 Å². The molecule has 0 unspecified atom stereocenters. The van der Waals surface area contributed by atoms with Crippen LogP contribution in [0, 0.1) is 11.6 Å². The Balaban J connectivity index is 1.46. The summed E-state index contributed by atoms with van der Waals surface area (Å²) in [5.74, 6) is -0.942. The molecule has 2 aromatic rings. The van der Waals surface area contributed by atoms with Crippen LogP contribution in [0.3, 0.4) is 0 Å². The van der Waals surface area contributed by atoms with Gasteiger partial charge in [0, 0.05) is 12.2 Å². The van der Waals surface area contributed by atoms with Gasteiger partial charge in [0.25, 0.3) is 0 Å². The lowest BCUT2D eigenvalue weighted by atomic mass is 9.98. The number of benzene rings is 2. The first-order valence-corrected chi connectivity index (χ1v) is 11.6. The fraction of sp³-hybridized carbons (Fsp3) is 0.381. The highest BCUT2D eigenvalue weighted by Gasteiger charge is 2.33. The highest BCUT2D eigenvalue weighted by molar-refractivity contribution is 7.89. The van der Waals surface area contributed by atoms with Gasteiger partial charge in [-0.05, 0) is 67.8 Å². The number of halogens is 2. The van der Waals surface area contributed by atoms with Crippen molar-refractivity contribution >= 4 is 21.7 Å². The Morgan fingerprint density at radius 2 is 1.66 bits per heavy atom. The van der Waals surface area contributed by atoms with Gasteiger partial charge in [-0.1, -0.05) is 0 Å². The Kier molecular flexibility index (Phi) is 8.13. The van der Waals surface area contributed by atoms with Crippen LogP contribution in [0.2, 0.25) is 0 Å². The Morgan fingerprint density at radius 3 is 2.28 bits per heavy atom. The minimum atomic E-state index is -3.89. The highest BCUT2D eigenvalue weighted by atomic mass is 32.2. The summed E-state index contributed by atoms with van der Waals surface area (Å²) in [6.45, 7) is -0.0899. The van der Waals surface area contributed by atoms with Gasteiger partial charge >= 0.3 is 6.03 Å². The topological polar surface area (TPSA) is 117 Å². The Hall–Kier alpha value is -2.60. The van der Waals surface area contributed by atoms with Crippen LogP contribution >= 0.6 is 0 Å². The summed E-state index contributed by atoms with van der Waals surface area (Å²) in [6.07, 6.45) is 0.388. The average Bonchev–Trinajstić information content (AvgIpc) is 2.76. The summed E-state index contributed by atoms with van der Waals surface area (Å²) in [4.78, 5) is 11.9. The third-order valence-corrected chi connectivity index (χ3v) is 6.59. The molecule has 4 N–H and O–H groups in total. The number of nitrogens with one attached hydrogen (secondary N) is 3. The van der Waals surface area contributed by atoms with Gasteiger partial charge in [0.05, 0.1) is 29.8 Å². The summed E-state index contributed by atoms with van der Waals surface area (Å²) < 4.78 is 59.3. The molecule has 2 aromatic carbocycles. The first-order valence-electron chi connectivity index (χ1n) is 10.1. The van der Waals surface area contributed by atoms with Crippen LogP contribution in [-0.2, 0) is 14.8 Å². The first kappa shape index (κ1) is 24.1. The third kappa shape index (κ3) is 6.70. The molecule has 2 amide bonds. The van der Waals surface area contributed by atoms with Crippen molar-refractivity contribution in [3.8, 4) is 0 Å². The van der Waals surface area contributed by atoms with Crippen LogP contribution in [-0.4, -0.2) is 51.0 Å². The molecule has 1 saturated heterocycles. The summed E-state index contributed by atoms with van der Waals surface area (Å²) in [7, 11) is -3.89. The van der Waals surface area contributed by atoms with Gasteiger partial charge < -0.3 is 20.5 Å². The van der Waals surface area contributed by atoms with E-state index in [0.29, 0.717) is 31.5 Å². The largest absolute Gasteiger partial charge is 0.394 e. The van der Waals surface area contributed by atoms with Crippen LogP contribution in [0.25, 0.3) is 0 Å². The molecule has 1 heterocycles. The van der Waals surface area contributed by atoms with Crippen molar-refractivity contribution in [1.29, 1.82) is 0 Å². The number of rotatable bonds is 8. The van der Waals surface area contributed by atoms with Gasteiger partial charge in [-0.15, -0.1) is 0 Å². The maximum absolute atomic E-state index is 13.1. The fourth-order valence-electron chi connectivity index (χ4n) is 3.42. The standard InChI is InChI=1S/C21H25F2N3O5S/c22-14-1-5-16(6-2-14)25-21(28)24-12-11-17-7-10-19(20(13-27)31-17)26-32(29,30)18-8-3-15(23)4-9-18/h1-6,8-9,17,19-20,26-27H,7,10-13H2,(H2,24,25,28)/t17-,19-,20-/m0/s1. The number of aliphatic hydroxyl groups excluding tert-OH is 1. The monoisotopic (exact) mass is 469 g/mol. The van der Waals surface area contributed by atoms with Gasteiger partial charge in [0.15, 0.2) is 0 Å². The van der Waals surface area contributed by atoms with Gasteiger partial charge in [-0.3, -0.25) is 0 Å². The molecule has 0 bridgehead atoms. The number of aliphatic hydroxyl groups is 1. The summed E-state index contributed by atoms with van der Waals surface area (Å²) in [5, 5.41) is 14.9. The maximum atomic E-state index is 13.1. The van der Waals surface area contributed by atoms with E-state index >= 15 is 0 Å². The molecule has 0 radical (unpaired) electrons. The second-order valence-electron chi connectivity index (χ2n) is 7.41. The van der Waals surface area contributed by atoms with E-state index in [1.54, 1.807) is 0 Å². The van der Waals surface area contributed by atoms with E-state index in [1.807, 2.05) is 0 Å². The number of urea groups is 1. The van der Waals surface area contributed by atoms with Crippen molar-refractivity contribution in [1.82, 2.24) is 10.0 Å². The summed E-state index contributed by atoms with van der Waals surface area (Å²) in [5.41, 5.74) is 0.453. The molecule has 1 aliphatic rings. The van der Waals surface area contributed by atoms with Gasteiger partial charge in [-0.2, -0.15) is 0 Å². The molecule has 0 aromatic heterocycles. The molecule has 1 fully saturated rings. The Bertz CT molecular complexity index is 1000. The lowest BCUT2D eigenvalue weighted by Crippen LogP contribution is -2.51. The van der Waals surface area contributed by atoms with Gasteiger partial charge in [0.1, 0.15) is 11.6 Å². The van der Waals surface area contributed by atoms with E-state index in [1.165, 1.54) is 36.4 Å². The number of hydrogen-bond acceptors (Lipinski definition) is 5. The molecule has 3 rings (SSSR count). The van der Waals surface area contributed by atoms with Crippen molar-refractivity contribution in [2.24, 2.45) is 0 Å². The number of carbonyl (C=O) groups is 1. The van der Waals surface area contributed by atoms with Crippen molar-refractivity contribution in [2.75, 3.05) is 18.5 Å². The lowest BCUT2D eigenvalue weighted by molar-refractivity contribution is -0.0871. The first-order chi connectivity index (χ1) is 15.3. The van der Waals surface area contributed by atoms with Crippen molar-refractivity contribution in [2.45, 2.75) is 42.4 Å². The van der Waals surface area contributed by atoms with Gasteiger partial charge in [0.2, 0.25) is 10.0 Å². The third-order valence-electron chi connectivity index (χ3n) is 5.08. The van der Waals surface area contributed by atoms with Crippen LogP contribution in [0.15, 0.2) is 53.4 Å². The molecule has 1 aliphatic heterocycles. The zero-order valence-electron chi connectivity index (χ0n) is 17.1. The second-order valence-corrected chi connectivity index (χ2v) is 9.13. The normalized spacial score (nSPS) is 21.2. The molecule has 0 aliphatic carbocycles. The summed E-state index contributed by atoms with van der Waals surface area (Å²) in [6, 6.07) is 8.73. The summed E-state index contributed by atoms with van der Waals surface area (Å²) >= 11 is 0. The predicted octanol–water partition coefficient (Wildman–Crippen LogP) is 2.36. The number of hydrogen-bond donors (Lipinski definition) is 4. The van der Waals surface area contributed by atoms with E-state index in [2.05, 4.69) is 15.4 Å². The molecule has 174 valence electrons. The molecular formula is C21H25F2N3O5S. The molecule has 32 heavy (non-hydrogen) atoms. The minimum Gasteiger partial charge on any atom is -0.394 e. The van der Waals surface area contributed by atoms with E-state index in [0.717, 1.165) is 12.1 Å². The number of carbonyl (C=O) groups excluding carboxylic acids is 1. The molecule has 8 nitrogen and oxygen atoms in total. The van der Waals surface area contributed by atoms with E-state index in [-0.39, 0.29) is 17.6 Å². The zero-order chi connectivity index (χ0) is 23.1.